The Morgan fingerprint density at radius 1 is 1.32 bits per heavy atom. The minimum absolute atomic E-state index is 0.0447. The van der Waals surface area contributed by atoms with Gasteiger partial charge >= 0.3 is 5.97 Å². The van der Waals surface area contributed by atoms with E-state index >= 15 is 0 Å². The van der Waals surface area contributed by atoms with Crippen molar-refractivity contribution in [3.63, 3.8) is 0 Å². The lowest BCUT2D eigenvalue weighted by Gasteiger charge is -2.33. The van der Waals surface area contributed by atoms with E-state index in [-0.39, 0.29) is 18.2 Å². The van der Waals surface area contributed by atoms with E-state index in [4.69, 9.17) is 9.84 Å². The molecule has 1 fully saturated rings. The molecule has 0 bridgehead atoms. The molecule has 0 aromatic heterocycles. The van der Waals surface area contributed by atoms with Crippen LogP contribution in [-0.2, 0) is 9.59 Å². The predicted molar refractivity (Wildman–Crippen MR) is 85.8 cm³/mol. The zero-order valence-corrected chi connectivity index (χ0v) is 14.1. The Kier molecular flexibility index (Phi) is 5.83. The van der Waals surface area contributed by atoms with Crippen molar-refractivity contribution in [1.82, 2.24) is 4.90 Å². The van der Waals surface area contributed by atoms with Crippen molar-refractivity contribution in [2.24, 2.45) is 5.92 Å². The van der Waals surface area contributed by atoms with Crippen molar-refractivity contribution in [2.45, 2.75) is 32.3 Å². The zero-order valence-electron chi connectivity index (χ0n) is 12.5. The number of carbonyl (C=O) groups excluding carboxylic acids is 1. The number of piperidine rings is 1. The number of carbonyl (C=O) groups is 2. The minimum Gasteiger partial charge on any atom is -0.481 e. The predicted octanol–water partition coefficient (Wildman–Crippen LogP) is 2.93. The van der Waals surface area contributed by atoms with Gasteiger partial charge in [0.25, 0.3) is 5.91 Å². The van der Waals surface area contributed by atoms with Gasteiger partial charge in [0.2, 0.25) is 0 Å². The van der Waals surface area contributed by atoms with Gasteiger partial charge in [0.05, 0.1) is 0 Å². The Morgan fingerprint density at radius 3 is 2.45 bits per heavy atom. The zero-order chi connectivity index (χ0) is 16.1. The van der Waals surface area contributed by atoms with Crippen LogP contribution in [0.4, 0.5) is 0 Å². The van der Waals surface area contributed by atoms with Crippen LogP contribution >= 0.6 is 15.9 Å². The Bertz CT molecular complexity index is 523. The second-order valence-corrected chi connectivity index (χ2v) is 6.50. The van der Waals surface area contributed by atoms with Crippen molar-refractivity contribution in [3.8, 4) is 5.75 Å². The lowest BCUT2D eigenvalue weighted by Crippen LogP contribution is -2.45. The molecule has 1 aliphatic rings. The van der Waals surface area contributed by atoms with E-state index in [0.29, 0.717) is 18.8 Å². The molecule has 5 nitrogen and oxygen atoms in total. The number of rotatable bonds is 5. The third-order valence-electron chi connectivity index (χ3n) is 3.86. The molecule has 1 aliphatic heterocycles. The van der Waals surface area contributed by atoms with Gasteiger partial charge < -0.3 is 14.7 Å². The molecule has 0 spiro atoms. The number of amides is 1. The summed E-state index contributed by atoms with van der Waals surface area (Å²) in [5.74, 6) is 0.0162. The van der Waals surface area contributed by atoms with Crippen molar-refractivity contribution < 1.29 is 19.4 Å². The number of hydrogen-bond acceptors (Lipinski definition) is 3. The largest absolute Gasteiger partial charge is 0.481 e. The molecule has 1 unspecified atom stereocenters. The van der Waals surface area contributed by atoms with Crippen molar-refractivity contribution in [2.75, 3.05) is 13.1 Å². The van der Waals surface area contributed by atoms with Crippen molar-refractivity contribution >= 4 is 27.8 Å². The molecular weight excluding hydrogens is 350 g/mol. The number of likely N-dealkylation sites (tertiary alicyclic amines) is 1. The van der Waals surface area contributed by atoms with Crippen LogP contribution in [0.15, 0.2) is 28.7 Å². The second-order valence-electron chi connectivity index (χ2n) is 5.58. The molecule has 120 valence electrons. The van der Waals surface area contributed by atoms with Gasteiger partial charge in [-0.15, -0.1) is 0 Å². The van der Waals surface area contributed by atoms with Gasteiger partial charge in [0.1, 0.15) is 5.75 Å². The first-order valence-corrected chi connectivity index (χ1v) is 8.18. The van der Waals surface area contributed by atoms with Gasteiger partial charge in [-0.05, 0) is 49.9 Å². The van der Waals surface area contributed by atoms with Crippen LogP contribution in [0, 0.1) is 5.92 Å². The Balaban J connectivity index is 1.84. The first-order valence-electron chi connectivity index (χ1n) is 7.38. The van der Waals surface area contributed by atoms with Crippen LogP contribution in [0.25, 0.3) is 0 Å². The summed E-state index contributed by atoms with van der Waals surface area (Å²) in [5.41, 5.74) is 0. The highest BCUT2D eigenvalue weighted by Crippen LogP contribution is 2.22. The number of hydrogen-bond donors (Lipinski definition) is 1. The molecule has 1 N–H and O–H groups in total. The van der Waals surface area contributed by atoms with Crippen LogP contribution in [0.2, 0.25) is 0 Å². The molecular formula is C16H20BrNO4. The topological polar surface area (TPSA) is 66.8 Å². The maximum absolute atomic E-state index is 12.4. The fraction of sp³-hybridized carbons (Fsp3) is 0.500. The monoisotopic (exact) mass is 369 g/mol. The average molecular weight is 370 g/mol. The van der Waals surface area contributed by atoms with E-state index < -0.39 is 12.1 Å². The van der Waals surface area contributed by atoms with Crippen molar-refractivity contribution in [1.29, 1.82) is 0 Å². The van der Waals surface area contributed by atoms with E-state index in [1.165, 1.54) is 0 Å². The first kappa shape index (κ1) is 16.8. The van der Waals surface area contributed by atoms with Gasteiger partial charge in [0.15, 0.2) is 6.10 Å². The summed E-state index contributed by atoms with van der Waals surface area (Å²) in [7, 11) is 0. The molecule has 1 atom stereocenters. The number of ether oxygens (including phenoxy) is 1. The second kappa shape index (κ2) is 7.63. The molecule has 1 heterocycles. The molecule has 22 heavy (non-hydrogen) atoms. The highest BCUT2D eigenvalue weighted by molar-refractivity contribution is 9.10. The van der Waals surface area contributed by atoms with Gasteiger partial charge in [-0.2, -0.15) is 0 Å². The summed E-state index contributed by atoms with van der Waals surface area (Å²) in [6.07, 6.45) is 1.12. The molecule has 0 aliphatic carbocycles. The molecule has 6 heteroatoms. The van der Waals surface area contributed by atoms with E-state index in [1.54, 1.807) is 11.8 Å². The van der Waals surface area contributed by atoms with Crippen LogP contribution in [0.3, 0.4) is 0 Å². The molecule has 1 aromatic carbocycles. The van der Waals surface area contributed by atoms with E-state index in [1.807, 2.05) is 24.3 Å². The summed E-state index contributed by atoms with van der Waals surface area (Å²) < 4.78 is 6.63. The molecule has 0 saturated carbocycles. The smallest absolute Gasteiger partial charge is 0.303 e. The van der Waals surface area contributed by atoms with E-state index in [9.17, 15) is 9.59 Å². The molecule has 1 saturated heterocycles. The lowest BCUT2D eigenvalue weighted by molar-refractivity contribution is -0.140. The number of halogens is 1. The van der Waals surface area contributed by atoms with Gasteiger partial charge in [-0.25, -0.2) is 0 Å². The number of aliphatic carboxylic acids is 1. The third kappa shape index (κ3) is 4.73. The normalized spacial score (nSPS) is 17.1. The molecule has 1 aromatic rings. The first-order chi connectivity index (χ1) is 10.5. The van der Waals surface area contributed by atoms with E-state index in [2.05, 4.69) is 15.9 Å². The van der Waals surface area contributed by atoms with Gasteiger partial charge in [-0.3, -0.25) is 9.59 Å². The average Bonchev–Trinajstić information content (AvgIpc) is 2.49. The summed E-state index contributed by atoms with van der Waals surface area (Å²) in [4.78, 5) is 24.9. The fourth-order valence-electron chi connectivity index (χ4n) is 2.63. The Hall–Kier alpha value is -1.56. The third-order valence-corrected chi connectivity index (χ3v) is 4.39. The fourth-order valence-corrected chi connectivity index (χ4v) is 2.89. The maximum atomic E-state index is 12.4. The van der Waals surface area contributed by atoms with E-state index in [0.717, 1.165) is 17.3 Å². The Morgan fingerprint density at radius 2 is 1.91 bits per heavy atom. The molecule has 0 radical (unpaired) electrons. The lowest BCUT2D eigenvalue weighted by atomic mass is 9.93. The highest BCUT2D eigenvalue weighted by Gasteiger charge is 2.27. The van der Waals surface area contributed by atoms with Crippen LogP contribution in [0.1, 0.15) is 26.2 Å². The maximum Gasteiger partial charge on any atom is 0.303 e. The number of carboxylic acid groups (broad SMARTS) is 1. The van der Waals surface area contributed by atoms with Crippen LogP contribution in [0.5, 0.6) is 5.75 Å². The number of nitrogens with zero attached hydrogens (tertiary/aromatic N) is 1. The quantitative estimate of drug-likeness (QED) is 0.866. The Labute approximate surface area is 138 Å². The SMILES string of the molecule is CC(Oc1ccc(Br)cc1)C(=O)N1CCC(CC(=O)O)CC1. The summed E-state index contributed by atoms with van der Waals surface area (Å²) in [5, 5.41) is 8.81. The van der Waals surface area contributed by atoms with Gasteiger partial charge in [-0.1, -0.05) is 15.9 Å². The summed E-state index contributed by atoms with van der Waals surface area (Å²) in [6, 6.07) is 7.35. The molecule has 1 amide bonds. The summed E-state index contributed by atoms with van der Waals surface area (Å²) in [6.45, 7) is 2.95. The van der Waals surface area contributed by atoms with Crippen LogP contribution < -0.4 is 4.74 Å². The van der Waals surface area contributed by atoms with Gasteiger partial charge in [0, 0.05) is 24.0 Å². The van der Waals surface area contributed by atoms with Crippen molar-refractivity contribution in [3.05, 3.63) is 28.7 Å². The molecule has 2 rings (SSSR count). The standard InChI is InChI=1S/C16H20BrNO4/c1-11(22-14-4-2-13(17)3-5-14)16(21)18-8-6-12(7-9-18)10-15(19)20/h2-5,11-12H,6-10H2,1H3,(H,19,20). The summed E-state index contributed by atoms with van der Waals surface area (Å²) >= 11 is 3.35. The number of carboxylic acids is 1. The van der Waals surface area contributed by atoms with Crippen LogP contribution in [-0.4, -0.2) is 41.1 Å². The number of benzene rings is 1. The highest BCUT2D eigenvalue weighted by atomic mass is 79.9. The minimum atomic E-state index is -0.767.